The number of rotatable bonds is 3. The van der Waals surface area contributed by atoms with Crippen LogP contribution >= 0.6 is 0 Å². The Bertz CT molecular complexity index is 599. The van der Waals surface area contributed by atoms with E-state index in [1.807, 2.05) is 7.05 Å². The smallest absolute Gasteiger partial charge is 0.181 e. The summed E-state index contributed by atoms with van der Waals surface area (Å²) >= 11 is 0. The fourth-order valence-corrected chi connectivity index (χ4v) is 4.72. The van der Waals surface area contributed by atoms with E-state index >= 15 is 0 Å². The molecule has 110 valence electrons. The highest BCUT2D eigenvalue weighted by Crippen LogP contribution is 2.36. The summed E-state index contributed by atoms with van der Waals surface area (Å²) < 4.78 is 36.2. The third-order valence-corrected chi connectivity index (χ3v) is 6.29. The second kappa shape index (κ2) is 5.26. The molecule has 1 aliphatic carbocycles. The van der Waals surface area contributed by atoms with Gasteiger partial charge in [-0.15, -0.1) is 0 Å². The van der Waals surface area contributed by atoms with Crippen LogP contribution in [0.3, 0.4) is 0 Å². The highest BCUT2D eigenvalue weighted by Gasteiger charge is 2.35. The van der Waals surface area contributed by atoms with Gasteiger partial charge in [-0.25, -0.2) is 8.42 Å². The minimum atomic E-state index is -3.29. The third kappa shape index (κ3) is 2.38. The summed E-state index contributed by atoms with van der Waals surface area (Å²) in [7, 11) is -1.41. The van der Waals surface area contributed by atoms with E-state index in [-0.39, 0.29) is 5.25 Å². The summed E-state index contributed by atoms with van der Waals surface area (Å²) in [5, 5.41) is 2.86. The first-order valence-electron chi connectivity index (χ1n) is 6.92. The number of sulfone groups is 1. The molecule has 5 nitrogen and oxygen atoms in total. The molecule has 1 aromatic carbocycles. The van der Waals surface area contributed by atoms with Crippen molar-refractivity contribution in [2.75, 3.05) is 20.3 Å². The third-order valence-electron chi connectivity index (χ3n) is 4.07. The lowest BCUT2D eigenvalue weighted by molar-refractivity contribution is 0.171. The van der Waals surface area contributed by atoms with Crippen molar-refractivity contribution in [3.63, 3.8) is 0 Å². The Labute approximate surface area is 119 Å². The first-order valence-corrected chi connectivity index (χ1v) is 8.46. The second-order valence-electron chi connectivity index (χ2n) is 5.27. The number of nitrogens with one attached hydrogen (secondary N) is 1. The Morgan fingerprint density at radius 3 is 2.60 bits per heavy atom. The predicted octanol–water partition coefficient (Wildman–Crippen LogP) is 1.37. The van der Waals surface area contributed by atoms with Crippen LogP contribution in [0.1, 0.15) is 19.3 Å². The van der Waals surface area contributed by atoms with Gasteiger partial charge in [0.25, 0.3) is 0 Å². The maximum absolute atomic E-state index is 12.7. The lowest BCUT2D eigenvalue weighted by atomic mass is 10.3. The van der Waals surface area contributed by atoms with Crippen LogP contribution in [0.5, 0.6) is 11.5 Å². The Morgan fingerprint density at radius 1 is 1.15 bits per heavy atom. The summed E-state index contributed by atoms with van der Waals surface area (Å²) in [6, 6.07) is 5.20. The molecule has 0 spiro atoms. The molecule has 3 rings (SSSR count). The van der Waals surface area contributed by atoms with Crippen molar-refractivity contribution in [3.8, 4) is 11.5 Å². The van der Waals surface area contributed by atoms with Gasteiger partial charge in [0.2, 0.25) is 0 Å². The van der Waals surface area contributed by atoms with E-state index in [1.54, 1.807) is 18.2 Å². The molecule has 2 unspecified atom stereocenters. The maximum Gasteiger partial charge on any atom is 0.181 e. The second-order valence-corrected chi connectivity index (χ2v) is 7.50. The van der Waals surface area contributed by atoms with Gasteiger partial charge in [0.15, 0.2) is 21.3 Å². The topological polar surface area (TPSA) is 64.6 Å². The molecule has 2 aliphatic rings. The normalized spacial score (nSPS) is 25.6. The van der Waals surface area contributed by atoms with E-state index in [0.717, 1.165) is 6.42 Å². The molecule has 0 aromatic heterocycles. The lowest BCUT2D eigenvalue weighted by Gasteiger charge is -2.20. The summed E-state index contributed by atoms with van der Waals surface area (Å²) in [6.45, 7) is 0.966. The molecule has 1 fully saturated rings. The molecule has 1 saturated carbocycles. The van der Waals surface area contributed by atoms with Gasteiger partial charge >= 0.3 is 0 Å². The fourth-order valence-electron chi connectivity index (χ4n) is 2.88. The number of benzene rings is 1. The molecule has 0 radical (unpaired) electrons. The van der Waals surface area contributed by atoms with Crippen molar-refractivity contribution in [1.29, 1.82) is 0 Å². The van der Waals surface area contributed by atoms with Gasteiger partial charge in [-0.05, 0) is 38.4 Å². The van der Waals surface area contributed by atoms with Gasteiger partial charge in [0.1, 0.15) is 13.2 Å². The maximum atomic E-state index is 12.7. The van der Waals surface area contributed by atoms with Gasteiger partial charge in [0, 0.05) is 12.1 Å². The predicted molar refractivity (Wildman–Crippen MR) is 75.1 cm³/mol. The summed E-state index contributed by atoms with van der Waals surface area (Å²) in [5.74, 6) is 1.15. The average molecular weight is 297 g/mol. The Balaban J connectivity index is 1.88. The molecule has 2 atom stereocenters. The Morgan fingerprint density at radius 2 is 1.90 bits per heavy atom. The van der Waals surface area contributed by atoms with Crippen molar-refractivity contribution >= 4 is 9.84 Å². The zero-order valence-electron chi connectivity index (χ0n) is 11.5. The largest absolute Gasteiger partial charge is 0.486 e. The molecule has 1 aromatic rings. The van der Waals surface area contributed by atoms with E-state index < -0.39 is 9.84 Å². The molecule has 20 heavy (non-hydrogen) atoms. The summed E-state index contributed by atoms with van der Waals surface area (Å²) in [5.41, 5.74) is 0. The molecular weight excluding hydrogens is 278 g/mol. The van der Waals surface area contributed by atoms with Crippen molar-refractivity contribution in [2.45, 2.75) is 35.4 Å². The van der Waals surface area contributed by atoms with Gasteiger partial charge in [-0.3, -0.25) is 0 Å². The van der Waals surface area contributed by atoms with Gasteiger partial charge in [0.05, 0.1) is 10.1 Å². The molecule has 6 heteroatoms. The molecular formula is C14H19NO4S. The first-order chi connectivity index (χ1) is 9.61. The summed E-state index contributed by atoms with van der Waals surface area (Å²) in [4.78, 5) is 0.337. The lowest BCUT2D eigenvalue weighted by Crippen LogP contribution is -2.25. The number of hydrogen-bond donors (Lipinski definition) is 1. The van der Waals surface area contributed by atoms with Crippen molar-refractivity contribution in [2.24, 2.45) is 0 Å². The quantitative estimate of drug-likeness (QED) is 0.913. The molecule has 0 amide bonds. The average Bonchev–Trinajstić information content (AvgIpc) is 2.96. The van der Waals surface area contributed by atoms with Crippen molar-refractivity contribution in [1.82, 2.24) is 5.32 Å². The SMILES string of the molecule is CNC1CCC(S(=O)(=O)c2ccc3c(c2)OCCO3)C1. The minimum absolute atomic E-state index is 0.298. The van der Waals surface area contributed by atoms with E-state index in [4.69, 9.17) is 9.47 Å². The Kier molecular flexibility index (Phi) is 3.60. The summed E-state index contributed by atoms with van der Waals surface area (Å²) in [6.07, 6.45) is 2.29. The van der Waals surface area contributed by atoms with Crippen molar-refractivity contribution < 1.29 is 17.9 Å². The molecule has 1 aliphatic heterocycles. The van der Waals surface area contributed by atoms with Crippen LogP contribution in [0.15, 0.2) is 23.1 Å². The first kappa shape index (κ1) is 13.7. The van der Waals surface area contributed by atoms with Crippen LogP contribution in [-0.4, -0.2) is 40.0 Å². The van der Waals surface area contributed by atoms with E-state index in [9.17, 15) is 8.42 Å². The molecule has 0 bridgehead atoms. The molecule has 1 heterocycles. The standard InChI is InChI=1S/C14H19NO4S/c1-15-10-2-3-11(8-10)20(16,17)12-4-5-13-14(9-12)19-7-6-18-13/h4-5,9-11,15H,2-3,6-8H2,1H3. The van der Waals surface area contributed by atoms with E-state index in [2.05, 4.69) is 5.32 Å². The van der Waals surface area contributed by atoms with Crippen LogP contribution in [0, 0.1) is 0 Å². The van der Waals surface area contributed by atoms with Gasteiger partial charge < -0.3 is 14.8 Å². The fraction of sp³-hybridized carbons (Fsp3) is 0.571. The van der Waals surface area contributed by atoms with Gasteiger partial charge in [-0.2, -0.15) is 0 Å². The number of ether oxygens (including phenoxy) is 2. The zero-order chi connectivity index (χ0) is 14.2. The highest BCUT2D eigenvalue weighted by molar-refractivity contribution is 7.92. The minimum Gasteiger partial charge on any atom is -0.486 e. The zero-order valence-corrected chi connectivity index (χ0v) is 12.3. The van der Waals surface area contributed by atoms with Crippen LogP contribution in [0.4, 0.5) is 0 Å². The molecule has 1 N–H and O–H groups in total. The Hall–Kier alpha value is -1.27. The number of hydrogen-bond acceptors (Lipinski definition) is 5. The number of fused-ring (bicyclic) bond motifs is 1. The highest BCUT2D eigenvalue weighted by atomic mass is 32.2. The van der Waals surface area contributed by atoms with Crippen LogP contribution in [-0.2, 0) is 9.84 Å². The van der Waals surface area contributed by atoms with Crippen LogP contribution < -0.4 is 14.8 Å². The van der Waals surface area contributed by atoms with Crippen LogP contribution in [0.2, 0.25) is 0 Å². The van der Waals surface area contributed by atoms with Crippen molar-refractivity contribution in [3.05, 3.63) is 18.2 Å². The van der Waals surface area contributed by atoms with E-state index in [1.165, 1.54) is 0 Å². The molecule has 0 saturated heterocycles. The van der Waals surface area contributed by atoms with E-state index in [0.29, 0.717) is 48.5 Å². The van der Waals surface area contributed by atoms with Crippen LogP contribution in [0.25, 0.3) is 0 Å². The van der Waals surface area contributed by atoms with Gasteiger partial charge in [-0.1, -0.05) is 0 Å². The monoisotopic (exact) mass is 297 g/mol.